The Kier molecular flexibility index (Phi) is 16.4. The van der Waals surface area contributed by atoms with Gasteiger partial charge in [0.15, 0.2) is 0 Å². The van der Waals surface area contributed by atoms with Crippen molar-refractivity contribution in [3.05, 3.63) is 23.8 Å². The fourth-order valence-corrected chi connectivity index (χ4v) is 11.4. The average molecular weight is 653 g/mol. The highest BCUT2D eigenvalue weighted by atomic mass is 16.5. The van der Waals surface area contributed by atoms with E-state index < -0.39 is 0 Å². The second-order valence-electron chi connectivity index (χ2n) is 18.1. The third-order valence-electron chi connectivity index (χ3n) is 14.3. The van der Waals surface area contributed by atoms with Crippen LogP contribution in [0.25, 0.3) is 0 Å². The molecule has 0 bridgehead atoms. The molecule has 0 aliphatic heterocycles. The number of aliphatic hydroxyl groups excluding tert-OH is 1. The van der Waals surface area contributed by atoms with E-state index in [2.05, 4.69) is 59.8 Å². The molecule has 3 fully saturated rings. The predicted molar refractivity (Wildman–Crippen MR) is 204 cm³/mol. The van der Waals surface area contributed by atoms with E-state index in [0.29, 0.717) is 29.3 Å². The average Bonchev–Trinajstić information content (AvgIpc) is 3.40. The summed E-state index contributed by atoms with van der Waals surface area (Å²) in [6.07, 6.45) is 39.3. The molecule has 2 unspecified atom stereocenters. The smallest absolute Gasteiger partial charge is 0.0757 e. The van der Waals surface area contributed by atoms with Crippen molar-refractivity contribution in [1.29, 1.82) is 0 Å². The summed E-state index contributed by atoms with van der Waals surface area (Å²) >= 11 is 0. The molecular weight excluding hydrogens is 572 g/mol. The Morgan fingerprint density at radius 1 is 0.766 bits per heavy atom. The Balaban J connectivity index is 1.12. The van der Waals surface area contributed by atoms with Gasteiger partial charge in [-0.2, -0.15) is 0 Å². The monoisotopic (exact) mass is 653 g/mol. The number of fused-ring (bicyclic) bond motifs is 5. The van der Waals surface area contributed by atoms with Crippen molar-refractivity contribution in [3.8, 4) is 0 Å². The molecule has 0 heterocycles. The van der Waals surface area contributed by atoms with Crippen molar-refractivity contribution in [1.82, 2.24) is 0 Å². The lowest BCUT2D eigenvalue weighted by molar-refractivity contribution is -0.100. The van der Waals surface area contributed by atoms with Crippen LogP contribution in [0.5, 0.6) is 0 Å². The van der Waals surface area contributed by atoms with Crippen LogP contribution in [0.2, 0.25) is 0 Å². The van der Waals surface area contributed by atoms with E-state index in [1.54, 1.807) is 5.57 Å². The first-order valence-corrected chi connectivity index (χ1v) is 21.4. The summed E-state index contributed by atoms with van der Waals surface area (Å²) in [6, 6.07) is 0. The van der Waals surface area contributed by atoms with E-state index in [9.17, 15) is 5.11 Å². The number of aliphatic hydroxyl groups is 1. The van der Waals surface area contributed by atoms with Gasteiger partial charge >= 0.3 is 0 Å². The van der Waals surface area contributed by atoms with Gasteiger partial charge in [-0.15, -0.1) is 0 Å². The van der Waals surface area contributed by atoms with Crippen LogP contribution in [0, 0.1) is 46.3 Å². The van der Waals surface area contributed by atoms with Crippen LogP contribution in [0.3, 0.4) is 0 Å². The summed E-state index contributed by atoms with van der Waals surface area (Å²) in [6.45, 7) is 15.7. The zero-order chi connectivity index (χ0) is 33.7. The van der Waals surface area contributed by atoms with Gasteiger partial charge < -0.3 is 9.84 Å². The quantitative estimate of drug-likeness (QED) is 0.0931. The van der Waals surface area contributed by atoms with Gasteiger partial charge in [0.1, 0.15) is 0 Å². The van der Waals surface area contributed by atoms with E-state index >= 15 is 0 Å². The van der Waals surface area contributed by atoms with E-state index in [1.807, 2.05) is 0 Å². The lowest BCUT2D eigenvalue weighted by Gasteiger charge is -2.59. The highest BCUT2D eigenvalue weighted by Crippen LogP contribution is 2.67. The van der Waals surface area contributed by atoms with Crippen molar-refractivity contribution in [3.63, 3.8) is 0 Å². The molecular formula is C45H80O2. The molecule has 9 atom stereocenters. The van der Waals surface area contributed by atoms with Gasteiger partial charge in [0, 0.05) is 6.61 Å². The van der Waals surface area contributed by atoms with Gasteiger partial charge in [-0.25, -0.2) is 0 Å². The number of allylic oxidation sites excluding steroid dienone is 2. The van der Waals surface area contributed by atoms with Crippen LogP contribution in [-0.4, -0.2) is 23.9 Å². The third kappa shape index (κ3) is 10.7. The summed E-state index contributed by atoms with van der Waals surface area (Å²) in [7, 11) is 0. The normalized spacial score (nSPS) is 34.3. The Bertz CT molecular complexity index is 934. The Labute approximate surface area is 293 Å². The van der Waals surface area contributed by atoms with Gasteiger partial charge in [-0.05, 0) is 123 Å². The van der Waals surface area contributed by atoms with Crippen LogP contribution < -0.4 is 0 Å². The first-order valence-electron chi connectivity index (χ1n) is 21.4. The van der Waals surface area contributed by atoms with Crippen LogP contribution in [0.4, 0.5) is 0 Å². The second kappa shape index (κ2) is 19.7. The number of rotatable bonds is 22. The maximum absolute atomic E-state index is 11.7. The molecule has 3 saturated carbocycles. The molecule has 4 rings (SSSR count). The summed E-state index contributed by atoms with van der Waals surface area (Å²) in [5, 5.41) is 11.7. The number of hydrogen-bond acceptors (Lipinski definition) is 2. The minimum Gasteiger partial charge on any atom is -0.389 e. The van der Waals surface area contributed by atoms with Gasteiger partial charge in [0.25, 0.3) is 0 Å². The van der Waals surface area contributed by atoms with E-state index in [1.165, 1.54) is 148 Å². The number of hydrogen-bond donors (Lipinski definition) is 1. The minimum absolute atomic E-state index is 0.253. The zero-order valence-electron chi connectivity index (χ0n) is 32.4. The van der Waals surface area contributed by atoms with Crippen LogP contribution in [0.1, 0.15) is 196 Å². The molecule has 0 amide bonds. The fraction of sp³-hybridized carbons (Fsp3) is 0.911. The molecule has 0 spiro atoms. The zero-order valence-corrected chi connectivity index (χ0v) is 32.4. The molecule has 4 aliphatic carbocycles. The summed E-state index contributed by atoms with van der Waals surface area (Å²) < 4.78 is 6.51. The van der Waals surface area contributed by atoms with E-state index in [0.717, 1.165) is 30.8 Å². The van der Waals surface area contributed by atoms with Crippen LogP contribution in [-0.2, 0) is 4.74 Å². The highest BCUT2D eigenvalue weighted by molar-refractivity contribution is 5.28. The second-order valence-corrected chi connectivity index (χ2v) is 18.1. The Morgan fingerprint density at radius 3 is 2.11 bits per heavy atom. The molecule has 4 aliphatic rings. The Hall–Kier alpha value is -0.600. The van der Waals surface area contributed by atoms with Crippen molar-refractivity contribution >= 4 is 0 Å². The minimum atomic E-state index is -0.253. The van der Waals surface area contributed by atoms with Gasteiger partial charge in [-0.1, -0.05) is 142 Å². The van der Waals surface area contributed by atoms with Gasteiger partial charge in [0.05, 0.1) is 12.2 Å². The third-order valence-corrected chi connectivity index (χ3v) is 14.3. The van der Waals surface area contributed by atoms with Crippen molar-refractivity contribution < 1.29 is 9.84 Å². The van der Waals surface area contributed by atoms with Crippen molar-refractivity contribution in [2.75, 3.05) is 6.61 Å². The molecule has 0 aromatic heterocycles. The summed E-state index contributed by atoms with van der Waals surface area (Å²) in [5.74, 6) is 4.31. The van der Waals surface area contributed by atoms with Gasteiger partial charge in [-0.3, -0.25) is 0 Å². The molecule has 47 heavy (non-hydrogen) atoms. The van der Waals surface area contributed by atoms with Gasteiger partial charge in [0.2, 0.25) is 0 Å². The first-order chi connectivity index (χ1) is 22.7. The first kappa shape index (κ1) is 39.2. The molecule has 0 aromatic rings. The summed E-state index contributed by atoms with van der Waals surface area (Å²) in [4.78, 5) is 0. The predicted octanol–water partition coefficient (Wildman–Crippen LogP) is 13.4. The molecule has 1 N–H and O–H groups in total. The molecule has 2 nitrogen and oxygen atoms in total. The molecule has 0 radical (unpaired) electrons. The van der Waals surface area contributed by atoms with E-state index in [-0.39, 0.29) is 11.5 Å². The fourth-order valence-electron chi connectivity index (χ4n) is 11.4. The standard InChI is InChI=1S/C45H80O2/c1-7-8-9-10-11-12-13-14-15-16-17-18-19-20-21-22-32-47-38-28-30-44(5)37(33-38)34-42(46)43-40-27-26-39(36(4)25-23-24-35(2)3)45(40,6)31-29-41(43)44/h14-15,34-36,38-43,46H,7-13,16-33H2,1-6H3/b15-14+/t36-,38+,39-,40+,41+,42?,43?,44+,45-/m1/s1. The molecule has 2 heteroatoms. The number of ether oxygens (including phenoxy) is 1. The summed E-state index contributed by atoms with van der Waals surface area (Å²) in [5.41, 5.74) is 2.24. The topological polar surface area (TPSA) is 29.5 Å². The van der Waals surface area contributed by atoms with Crippen LogP contribution in [0.15, 0.2) is 23.8 Å². The lowest BCUT2D eigenvalue weighted by atomic mass is 9.46. The van der Waals surface area contributed by atoms with Crippen molar-refractivity contribution in [2.45, 2.75) is 208 Å². The van der Waals surface area contributed by atoms with E-state index in [4.69, 9.17) is 4.74 Å². The maximum Gasteiger partial charge on any atom is 0.0757 e. The molecule has 0 saturated heterocycles. The molecule has 0 aromatic carbocycles. The Morgan fingerprint density at radius 2 is 1.43 bits per heavy atom. The van der Waals surface area contributed by atoms with Crippen molar-refractivity contribution in [2.24, 2.45) is 46.3 Å². The lowest BCUT2D eigenvalue weighted by Crippen LogP contribution is -2.55. The van der Waals surface area contributed by atoms with Crippen LogP contribution >= 0.6 is 0 Å². The number of unbranched alkanes of at least 4 members (excludes halogenated alkanes) is 12. The maximum atomic E-state index is 11.7. The molecule has 272 valence electrons. The highest BCUT2D eigenvalue weighted by Gasteiger charge is 2.61. The SMILES string of the molecule is CCCCCCCC/C=C/CCCCCCCCO[C@H]1CC[C@@]2(C)C(=CC(O)C3[C@@H]4CC[C@H]([C@H](C)CCCC(C)C)[C@@]4(C)CC[C@@H]32)C1. The largest absolute Gasteiger partial charge is 0.389 e.